The molecule has 1 rings (SSSR count). The topological polar surface area (TPSA) is 99.1 Å². The average molecular weight is 310 g/mol. The van der Waals surface area contributed by atoms with Crippen LogP contribution in [0.4, 0.5) is 0 Å². The molecule has 7 nitrogen and oxygen atoms in total. The summed E-state index contributed by atoms with van der Waals surface area (Å²) >= 11 is 0. The van der Waals surface area contributed by atoms with E-state index in [0.717, 1.165) is 21.0 Å². The van der Waals surface area contributed by atoms with Crippen molar-refractivity contribution in [2.45, 2.75) is 25.6 Å². The minimum absolute atomic E-state index is 0.417. The van der Waals surface area contributed by atoms with E-state index in [9.17, 15) is 19.5 Å². The molecule has 1 aromatic rings. The van der Waals surface area contributed by atoms with Crippen molar-refractivity contribution in [2.24, 2.45) is 0 Å². The summed E-state index contributed by atoms with van der Waals surface area (Å²) in [5.74, 6) is -2.50. The first-order valence-corrected chi connectivity index (χ1v) is 6.47. The minimum Gasteiger partial charge on any atom is -0.467 e. The monoisotopic (exact) mass is 310 g/mol. The molecule has 120 valence electrons. The van der Waals surface area contributed by atoms with E-state index in [-0.39, 0.29) is 0 Å². The normalized spacial score (nSPS) is 14.4. The smallest absolute Gasteiger partial charge is 0.352 e. The van der Waals surface area contributed by atoms with Crippen LogP contribution in [0.15, 0.2) is 30.3 Å². The van der Waals surface area contributed by atoms with Crippen LogP contribution in [0.3, 0.4) is 0 Å². The van der Waals surface area contributed by atoms with Crippen molar-refractivity contribution in [2.75, 3.05) is 13.7 Å². The van der Waals surface area contributed by atoms with Crippen molar-refractivity contribution in [1.29, 1.82) is 0 Å². The summed E-state index contributed by atoms with van der Waals surface area (Å²) in [7, 11) is 1.10. The molecule has 0 aliphatic carbocycles. The molecule has 0 aliphatic heterocycles. The maximum absolute atomic E-state index is 12.1. The lowest BCUT2D eigenvalue weighted by Crippen LogP contribution is -2.42. The number of aliphatic hydroxyl groups is 1. The van der Waals surface area contributed by atoms with Crippen LogP contribution < -0.4 is 0 Å². The first kappa shape index (κ1) is 17.6. The molecule has 0 radical (unpaired) electrons. The molecule has 0 fully saturated rings. The Morgan fingerprint density at radius 3 is 2.32 bits per heavy atom. The van der Waals surface area contributed by atoms with Crippen LogP contribution in [-0.4, -0.2) is 42.3 Å². The molecule has 1 aromatic carbocycles. The van der Waals surface area contributed by atoms with Gasteiger partial charge in [0.2, 0.25) is 6.10 Å². The highest BCUT2D eigenvalue weighted by molar-refractivity contribution is 5.82. The van der Waals surface area contributed by atoms with E-state index in [1.54, 1.807) is 30.3 Å². The number of hydrogen-bond acceptors (Lipinski definition) is 7. The van der Waals surface area contributed by atoms with Gasteiger partial charge in [-0.15, -0.1) is 0 Å². The largest absolute Gasteiger partial charge is 0.467 e. The molecular weight excluding hydrogens is 292 g/mol. The zero-order valence-electron chi connectivity index (χ0n) is 12.6. The van der Waals surface area contributed by atoms with Crippen LogP contribution in [0.1, 0.15) is 25.5 Å². The number of carbonyl (C=O) groups is 3. The lowest BCUT2D eigenvalue weighted by atomic mass is 10.1. The zero-order valence-corrected chi connectivity index (χ0v) is 12.6. The highest BCUT2D eigenvalue weighted by Gasteiger charge is 2.35. The van der Waals surface area contributed by atoms with Crippen molar-refractivity contribution in [3.63, 3.8) is 0 Å². The molecule has 0 aromatic heterocycles. The van der Waals surface area contributed by atoms with Crippen molar-refractivity contribution >= 4 is 17.9 Å². The van der Waals surface area contributed by atoms with Crippen molar-refractivity contribution in [3.05, 3.63) is 35.9 Å². The standard InChI is InChI=1S/C15H18O7/c1-10(16)22-12(11-7-5-4-6-8-11)13(17)21-9-15(2,19)14(18)20-3/h4-8,12,19H,9H2,1-3H3/t12-,15+/m1/s1. The molecular formula is C15H18O7. The first-order chi connectivity index (χ1) is 10.3. The van der Waals surface area contributed by atoms with Gasteiger partial charge in [0.1, 0.15) is 6.61 Å². The summed E-state index contributed by atoms with van der Waals surface area (Å²) in [6.45, 7) is 1.69. The number of rotatable bonds is 6. The second-order valence-electron chi connectivity index (χ2n) is 4.77. The maximum atomic E-state index is 12.1. The third-order valence-electron chi connectivity index (χ3n) is 2.72. The Labute approximate surface area is 127 Å². The molecule has 0 spiro atoms. The van der Waals surface area contributed by atoms with Crippen molar-refractivity contribution in [1.82, 2.24) is 0 Å². The molecule has 22 heavy (non-hydrogen) atoms. The molecule has 0 saturated heterocycles. The fourth-order valence-corrected chi connectivity index (χ4v) is 1.61. The van der Waals surface area contributed by atoms with Crippen LogP contribution in [0.2, 0.25) is 0 Å². The third kappa shape index (κ3) is 4.85. The summed E-state index contributed by atoms with van der Waals surface area (Å²) in [4.78, 5) is 34.5. The lowest BCUT2D eigenvalue weighted by molar-refractivity contribution is -0.179. The van der Waals surface area contributed by atoms with Gasteiger partial charge in [0.25, 0.3) is 0 Å². The predicted octanol–water partition coefficient (Wildman–Crippen LogP) is 0.758. The summed E-state index contributed by atoms with van der Waals surface area (Å²) in [6, 6.07) is 8.26. The number of esters is 3. The fraction of sp³-hybridized carbons (Fsp3) is 0.400. The molecule has 0 saturated carbocycles. The molecule has 0 unspecified atom stereocenters. The van der Waals surface area contributed by atoms with Crippen LogP contribution in [0.5, 0.6) is 0 Å². The Hall–Kier alpha value is -2.41. The van der Waals surface area contributed by atoms with Gasteiger partial charge in [0, 0.05) is 12.5 Å². The lowest BCUT2D eigenvalue weighted by Gasteiger charge is -2.22. The first-order valence-electron chi connectivity index (χ1n) is 6.47. The van der Waals surface area contributed by atoms with Crippen molar-refractivity contribution < 1.29 is 33.7 Å². The number of methoxy groups -OCH3 is 1. The van der Waals surface area contributed by atoms with E-state index >= 15 is 0 Å². The molecule has 0 heterocycles. The van der Waals surface area contributed by atoms with E-state index < -0.39 is 36.2 Å². The average Bonchev–Trinajstić information content (AvgIpc) is 2.50. The van der Waals surface area contributed by atoms with Gasteiger partial charge in [0.15, 0.2) is 5.60 Å². The van der Waals surface area contributed by atoms with Gasteiger partial charge in [-0.05, 0) is 6.92 Å². The van der Waals surface area contributed by atoms with Crippen molar-refractivity contribution in [3.8, 4) is 0 Å². The van der Waals surface area contributed by atoms with E-state index in [1.165, 1.54) is 0 Å². The minimum atomic E-state index is -1.98. The Kier molecular flexibility index (Phi) is 6.06. The van der Waals surface area contributed by atoms with E-state index in [0.29, 0.717) is 5.56 Å². The summed E-state index contributed by atoms with van der Waals surface area (Å²) in [5.41, 5.74) is -1.57. The maximum Gasteiger partial charge on any atom is 0.352 e. The quantitative estimate of drug-likeness (QED) is 0.611. The Bertz CT molecular complexity index is 536. The van der Waals surface area contributed by atoms with Crippen LogP contribution in [0.25, 0.3) is 0 Å². The fourth-order valence-electron chi connectivity index (χ4n) is 1.61. The number of benzene rings is 1. The number of ether oxygens (including phenoxy) is 3. The van der Waals surface area contributed by atoms with Crippen LogP contribution in [0, 0.1) is 0 Å². The Morgan fingerprint density at radius 2 is 1.82 bits per heavy atom. The molecule has 0 amide bonds. The summed E-state index contributed by atoms with van der Waals surface area (Å²) in [6.07, 6.45) is -1.27. The third-order valence-corrected chi connectivity index (χ3v) is 2.72. The predicted molar refractivity (Wildman–Crippen MR) is 74.5 cm³/mol. The van der Waals surface area contributed by atoms with Gasteiger partial charge < -0.3 is 19.3 Å². The highest BCUT2D eigenvalue weighted by Crippen LogP contribution is 2.20. The number of hydrogen-bond donors (Lipinski definition) is 1. The van der Waals surface area contributed by atoms with E-state index in [2.05, 4.69) is 4.74 Å². The highest BCUT2D eigenvalue weighted by atomic mass is 16.6. The molecule has 1 N–H and O–H groups in total. The molecule has 2 atom stereocenters. The summed E-state index contributed by atoms with van der Waals surface area (Å²) < 4.78 is 14.2. The zero-order chi connectivity index (χ0) is 16.8. The van der Waals surface area contributed by atoms with Gasteiger partial charge in [-0.2, -0.15) is 0 Å². The second kappa shape index (κ2) is 7.56. The van der Waals surface area contributed by atoms with Gasteiger partial charge in [0.05, 0.1) is 7.11 Å². The molecule has 7 heteroatoms. The Morgan fingerprint density at radius 1 is 1.23 bits per heavy atom. The van der Waals surface area contributed by atoms with Gasteiger partial charge in [-0.25, -0.2) is 9.59 Å². The Balaban J connectivity index is 2.81. The number of carbonyl (C=O) groups excluding carboxylic acids is 3. The van der Waals surface area contributed by atoms with E-state index in [1.807, 2.05) is 0 Å². The molecule has 0 aliphatic rings. The van der Waals surface area contributed by atoms with Crippen LogP contribution >= 0.6 is 0 Å². The SMILES string of the molecule is COC(=O)[C@@](C)(O)COC(=O)[C@H](OC(C)=O)c1ccccc1. The van der Waals surface area contributed by atoms with Gasteiger partial charge in [-0.1, -0.05) is 30.3 Å². The van der Waals surface area contributed by atoms with Gasteiger partial charge in [-0.3, -0.25) is 4.79 Å². The van der Waals surface area contributed by atoms with Gasteiger partial charge >= 0.3 is 17.9 Å². The second-order valence-corrected chi connectivity index (χ2v) is 4.77. The molecule has 0 bridgehead atoms. The summed E-state index contributed by atoms with van der Waals surface area (Å²) in [5, 5.41) is 9.81. The van der Waals surface area contributed by atoms with E-state index in [4.69, 9.17) is 9.47 Å². The van der Waals surface area contributed by atoms with Crippen LogP contribution in [-0.2, 0) is 28.6 Å².